The van der Waals surface area contributed by atoms with Gasteiger partial charge in [-0.1, -0.05) is 20.8 Å². The third kappa shape index (κ3) is 3.92. The van der Waals surface area contributed by atoms with Gasteiger partial charge in [-0.25, -0.2) is 4.98 Å². The van der Waals surface area contributed by atoms with E-state index in [2.05, 4.69) is 39.4 Å². The number of amides is 1. The van der Waals surface area contributed by atoms with E-state index in [4.69, 9.17) is 11.6 Å². The second-order valence-corrected chi connectivity index (χ2v) is 7.47. The smallest absolute Gasteiger partial charge is 0.226 e. The number of carbonyl (C=O) groups is 1. The Labute approximate surface area is 168 Å². The summed E-state index contributed by atoms with van der Waals surface area (Å²) in [7, 11) is 0. The molecular weight excluding hydrogens is 384 g/mol. The van der Waals surface area contributed by atoms with Gasteiger partial charge in [-0.3, -0.25) is 4.79 Å². The van der Waals surface area contributed by atoms with Crippen molar-refractivity contribution in [2.75, 3.05) is 5.32 Å². The standard InChI is InChI=1S/C18H27ClN6O3/c1-4-9(5-2)21-16-13-17(24-18(19)23-16)25(8-20-13)11-7-10(14(27)15(11)28)22-12(26)6-3/h8-11,14-15,27-28H,4-7H2,1-3H3,(H,22,26)(H,21,23,24)/t10-,11+,14+,15-/m0/s1. The summed E-state index contributed by atoms with van der Waals surface area (Å²) < 4.78 is 1.70. The van der Waals surface area contributed by atoms with Crippen LogP contribution < -0.4 is 10.6 Å². The fraction of sp³-hybridized carbons (Fsp3) is 0.667. The summed E-state index contributed by atoms with van der Waals surface area (Å²) in [5.74, 6) is 0.376. The maximum atomic E-state index is 11.7. The van der Waals surface area contributed by atoms with Gasteiger partial charge in [-0.2, -0.15) is 9.97 Å². The van der Waals surface area contributed by atoms with Gasteiger partial charge in [0.15, 0.2) is 17.0 Å². The van der Waals surface area contributed by atoms with Crippen LogP contribution in [0.15, 0.2) is 6.33 Å². The van der Waals surface area contributed by atoms with Crippen LogP contribution in [0.3, 0.4) is 0 Å². The molecule has 1 saturated carbocycles. The number of anilines is 1. The number of aliphatic hydroxyl groups excluding tert-OH is 2. The zero-order valence-electron chi connectivity index (χ0n) is 16.3. The molecule has 154 valence electrons. The first-order valence-electron chi connectivity index (χ1n) is 9.71. The van der Waals surface area contributed by atoms with Crippen LogP contribution in [0.1, 0.15) is 52.5 Å². The van der Waals surface area contributed by atoms with Gasteiger partial charge in [0.25, 0.3) is 0 Å². The second-order valence-electron chi connectivity index (χ2n) is 7.13. The molecule has 2 heterocycles. The van der Waals surface area contributed by atoms with E-state index < -0.39 is 24.3 Å². The number of carbonyl (C=O) groups excluding carboxylic acids is 1. The molecule has 4 atom stereocenters. The van der Waals surface area contributed by atoms with Crippen molar-refractivity contribution >= 4 is 34.5 Å². The molecule has 1 amide bonds. The van der Waals surface area contributed by atoms with Gasteiger partial charge in [0.2, 0.25) is 11.2 Å². The summed E-state index contributed by atoms with van der Waals surface area (Å²) in [5.41, 5.74) is 1.03. The number of hydrogen-bond acceptors (Lipinski definition) is 7. The van der Waals surface area contributed by atoms with Gasteiger partial charge >= 0.3 is 0 Å². The molecule has 10 heteroatoms. The Morgan fingerprint density at radius 3 is 2.64 bits per heavy atom. The maximum Gasteiger partial charge on any atom is 0.226 e. The molecule has 3 rings (SSSR count). The van der Waals surface area contributed by atoms with Gasteiger partial charge in [0.1, 0.15) is 12.2 Å². The third-order valence-corrected chi connectivity index (χ3v) is 5.57. The molecular formula is C18H27ClN6O3. The molecule has 0 bridgehead atoms. The normalized spacial score (nSPS) is 24.8. The minimum absolute atomic E-state index is 0.0755. The number of rotatable bonds is 7. The Morgan fingerprint density at radius 2 is 2.00 bits per heavy atom. The average molecular weight is 411 g/mol. The number of aromatic nitrogens is 4. The van der Waals surface area contributed by atoms with Gasteiger partial charge in [-0.15, -0.1) is 0 Å². The Hall–Kier alpha value is -1.97. The summed E-state index contributed by atoms with van der Waals surface area (Å²) in [6, 6.07) is -0.801. The number of nitrogens with zero attached hydrogens (tertiary/aromatic N) is 4. The quantitative estimate of drug-likeness (QED) is 0.511. The SMILES string of the molecule is CCC(=O)N[C@H]1C[C@@H](n2cnc3c(NC(CC)CC)nc(Cl)nc32)[C@H](O)[C@@H]1O. The Balaban J connectivity index is 1.94. The van der Waals surface area contributed by atoms with Gasteiger partial charge in [0, 0.05) is 12.5 Å². The summed E-state index contributed by atoms with van der Waals surface area (Å²) >= 11 is 6.14. The first-order valence-corrected chi connectivity index (χ1v) is 10.1. The maximum absolute atomic E-state index is 11.7. The highest BCUT2D eigenvalue weighted by atomic mass is 35.5. The summed E-state index contributed by atoms with van der Waals surface area (Å²) in [6.07, 6.45) is 1.95. The summed E-state index contributed by atoms with van der Waals surface area (Å²) in [6.45, 7) is 5.91. The van der Waals surface area contributed by atoms with Crippen LogP contribution in [0.25, 0.3) is 11.2 Å². The number of aliphatic hydroxyl groups is 2. The van der Waals surface area contributed by atoms with E-state index in [1.807, 2.05) is 0 Å². The fourth-order valence-electron chi connectivity index (χ4n) is 3.66. The predicted molar refractivity (Wildman–Crippen MR) is 106 cm³/mol. The molecule has 0 aliphatic heterocycles. The largest absolute Gasteiger partial charge is 0.388 e. The van der Waals surface area contributed by atoms with Crippen molar-refractivity contribution in [2.24, 2.45) is 0 Å². The number of fused-ring (bicyclic) bond motifs is 1. The van der Waals surface area contributed by atoms with Crippen LogP contribution in [0.4, 0.5) is 5.82 Å². The van der Waals surface area contributed by atoms with E-state index in [9.17, 15) is 15.0 Å². The van der Waals surface area contributed by atoms with E-state index in [0.717, 1.165) is 12.8 Å². The van der Waals surface area contributed by atoms with E-state index in [-0.39, 0.29) is 17.2 Å². The molecule has 1 aliphatic carbocycles. The Bertz CT molecular complexity index is 840. The molecule has 2 aromatic heterocycles. The third-order valence-electron chi connectivity index (χ3n) is 5.40. The van der Waals surface area contributed by atoms with E-state index in [1.165, 1.54) is 0 Å². The van der Waals surface area contributed by atoms with E-state index in [1.54, 1.807) is 17.8 Å². The first-order chi connectivity index (χ1) is 13.4. The number of hydrogen-bond donors (Lipinski definition) is 4. The first kappa shape index (κ1) is 20.8. The van der Waals surface area contributed by atoms with Crippen molar-refractivity contribution in [2.45, 2.75) is 76.8 Å². The molecule has 2 aromatic rings. The summed E-state index contributed by atoms with van der Waals surface area (Å²) in [4.78, 5) is 24.7. The number of halogens is 1. The molecule has 28 heavy (non-hydrogen) atoms. The van der Waals surface area contributed by atoms with Crippen molar-refractivity contribution in [1.29, 1.82) is 0 Å². The molecule has 0 unspecified atom stereocenters. The Morgan fingerprint density at radius 1 is 1.29 bits per heavy atom. The van der Waals surface area contributed by atoms with E-state index in [0.29, 0.717) is 29.8 Å². The highest BCUT2D eigenvalue weighted by Gasteiger charge is 2.43. The monoisotopic (exact) mass is 410 g/mol. The minimum atomic E-state index is -1.07. The lowest BCUT2D eigenvalue weighted by Gasteiger charge is -2.19. The fourth-order valence-corrected chi connectivity index (χ4v) is 3.82. The lowest BCUT2D eigenvalue weighted by molar-refractivity contribution is -0.122. The van der Waals surface area contributed by atoms with Crippen molar-refractivity contribution in [3.63, 3.8) is 0 Å². The number of nitrogens with one attached hydrogen (secondary N) is 2. The topological polar surface area (TPSA) is 125 Å². The predicted octanol–water partition coefficient (Wildman–Crippen LogP) is 1.64. The Kier molecular flexibility index (Phi) is 6.36. The van der Waals surface area contributed by atoms with Crippen LogP contribution in [0.2, 0.25) is 5.28 Å². The molecule has 0 spiro atoms. The second kappa shape index (κ2) is 8.59. The minimum Gasteiger partial charge on any atom is -0.388 e. The average Bonchev–Trinajstić information content (AvgIpc) is 3.21. The molecule has 0 saturated heterocycles. The zero-order valence-corrected chi connectivity index (χ0v) is 17.0. The highest BCUT2D eigenvalue weighted by molar-refractivity contribution is 6.28. The molecule has 0 aromatic carbocycles. The zero-order chi connectivity index (χ0) is 20.4. The lowest BCUT2D eigenvalue weighted by atomic mass is 10.2. The van der Waals surface area contributed by atoms with Crippen molar-refractivity contribution in [1.82, 2.24) is 24.8 Å². The van der Waals surface area contributed by atoms with Gasteiger partial charge in [-0.05, 0) is 30.9 Å². The summed E-state index contributed by atoms with van der Waals surface area (Å²) in [5, 5.41) is 27.1. The van der Waals surface area contributed by atoms with Gasteiger partial charge < -0.3 is 25.4 Å². The molecule has 4 N–H and O–H groups in total. The van der Waals surface area contributed by atoms with Crippen molar-refractivity contribution < 1.29 is 15.0 Å². The van der Waals surface area contributed by atoms with Crippen LogP contribution in [0, 0.1) is 0 Å². The van der Waals surface area contributed by atoms with Crippen LogP contribution in [-0.4, -0.2) is 59.9 Å². The lowest BCUT2D eigenvalue weighted by Crippen LogP contribution is -2.42. The van der Waals surface area contributed by atoms with E-state index >= 15 is 0 Å². The molecule has 1 aliphatic rings. The van der Waals surface area contributed by atoms with Crippen LogP contribution >= 0.6 is 11.6 Å². The molecule has 0 radical (unpaired) electrons. The molecule has 1 fully saturated rings. The van der Waals surface area contributed by atoms with Crippen LogP contribution in [0.5, 0.6) is 0 Å². The van der Waals surface area contributed by atoms with Crippen molar-refractivity contribution in [3.8, 4) is 0 Å². The van der Waals surface area contributed by atoms with Crippen molar-refractivity contribution in [3.05, 3.63) is 11.6 Å². The number of imidazole rings is 1. The highest BCUT2D eigenvalue weighted by Crippen LogP contribution is 2.34. The van der Waals surface area contributed by atoms with Crippen LogP contribution in [-0.2, 0) is 4.79 Å². The molecule has 9 nitrogen and oxygen atoms in total. The van der Waals surface area contributed by atoms with Gasteiger partial charge in [0.05, 0.1) is 18.4 Å².